The van der Waals surface area contributed by atoms with Gasteiger partial charge < -0.3 is 14.6 Å². The smallest absolute Gasteiger partial charge is 0.234 e. The Balaban J connectivity index is 1.57. The summed E-state index contributed by atoms with van der Waals surface area (Å²) in [6, 6.07) is 13.8. The molecule has 6 nitrogen and oxygen atoms in total. The SMILES string of the molecule is CC(C)c1ccc(OC(C)c2nnc(SCC(=O)Nc3cccc(F)c3)n2C)cc1. The number of aromatic nitrogens is 3. The number of nitrogens with one attached hydrogen (secondary N) is 1. The van der Waals surface area contributed by atoms with Crippen molar-refractivity contribution in [2.24, 2.45) is 7.05 Å². The van der Waals surface area contributed by atoms with E-state index < -0.39 is 5.82 Å². The molecule has 1 unspecified atom stereocenters. The van der Waals surface area contributed by atoms with E-state index in [9.17, 15) is 9.18 Å². The molecule has 3 rings (SSSR count). The molecule has 0 radical (unpaired) electrons. The van der Waals surface area contributed by atoms with E-state index in [1.807, 2.05) is 30.7 Å². The van der Waals surface area contributed by atoms with Crippen LogP contribution in [-0.4, -0.2) is 26.4 Å². The van der Waals surface area contributed by atoms with Crippen molar-refractivity contribution in [3.8, 4) is 5.75 Å². The van der Waals surface area contributed by atoms with Crippen LogP contribution in [0, 0.1) is 5.82 Å². The van der Waals surface area contributed by atoms with Gasteiger partial charge in [0, 0.05) is 12.7 Å². The molecule has 0 bridgehead atoms. The van der Waals surface area contributed by atoms with Gasteiger partial charge in [-0.2, -0.15) is 0 Å². The molecule has 30 heavy (non-hydrogen) atoms. The Bertz CT molecular complexity index is 1000. The third-order valence-electron chi connectivity index (χ3n) is 4.53. The molecular formula is C22H25FN4O2S. The third kappa shape index (κ3) is 5.60. The van der Waals surface area contributed by atoms with Gasteiger partial charge >= 0.3 is 0 Å². The van der Waals surface area contributed by atoms with E-state index in [1.54, 1.807) is 12.1 Å². The van der Waals surface area contributed by atoms with Gasteiger partial charge in [-0.25, -0.2) is 4.39 Å². The number of thioether (sulfide) groups is 1. The minimum atomic E-state index is -0.397. The second-order valence-corrected chi connectivity index (χ2v) is 8.17. The van der Waals surface area contributed by atoms with Crippen molar-refractivity contribution in [3.05, 3.63) is 65.7 Å². The molecule has 0 aliphatic heterocycles. The Morgan fingerprint density at radius 2 is 1.90 bits per heavy atom. The molecule has 0 aliphatic rings. The lowest BCUT2D eigenvalue weighted by Crippen LogP contribution is -2.15. The topological polar surface area (TPSA) is 69.0 Å². The van der Waals surface area contributed by atoms with Gasteiger partial charge in [-0.05, 0) is 48.7 Å². The lowest BCUT2D eigenvalue weighted by molar-refractivity contribution is -0.113. The minimum absolute atomic E-state index is 0.133. The van der Waals surface area contributed by atoms with Gasteiger partial charge in [0.2, 0.25) is 5.91 Å². The Kier molecular flexibility index (Phi) is 7.10. The van der Waals surface area contributed by atoms with Crippen LogP contribution >= 0.6 is 11.8 Å². The number of anilines is 1. The van der Waals surface area contributed by atoms with Crippen LogP contribution in [0.25, 0.3) is 0 Å². The molecule has 3 aromatic rings. The number of halogens is 1. The molecule has 1 atom stereocenters. The van der Waals surface area contributed by atoms with Crippen molar-refractivity contribution >= 4 is 23.4 Å². The standard InChI is InChI=1S/C22H25FN4O2S/c1-14(2)16-8-10-19(11-9-16)29-15(3)21-25-26-22(27(21)4)30-13-20(28)24-18-7-5-6-17(23)12-18/h5-12,14-15H,13H2,1-4H3,(H,24,28). The number of hydrogen-bond acceptors (Lipinski definition) is 5. The van der Waals surface area contributed by atoms with E-state index >= 15 is 0 Å². The number of ether oxygens (including phenoxy) is 1. The molecule has 0 fully saturated rings. The van der Waals surface area contributed by atoms with E-state index in [4.69, 9.17) is 4.74 Å². The summed E-state index contributed by atoms with van der Waals surface area (Å²) in [6.07, 6.45) is -0.303. The molecule has 0 aliphatic carbocycles. The fraction of sp³-hybridized carbons (Fsp3) is 0.318. The molecule has 1 aromatic heterocycles. The van der Waals surface area contributed by atoms with E-state index in [0.29, 0.717) is 22.6 Å². The van der Waals surface area contributed by atoms with Gasteiger partial charge in [-0.15, -0.1) is 10.2 Å². The maximum Gasteiger partial charge on any atom is 0.234 e. The number of carbonyl (C=O) groups excluding carboxylic acids is 1. The second-order valence-electron chi connectivity index (χ2n) is 7.23. The van der Waals surface area contributed by atoms with Crippen molar-refractivity contribution in [2.45, 2.75) is 37.9 Å². The van der Waals surface area contributed by atoms with Crippen LogP contribution in [0.4, 0.5) is 10.1 Å². The summed E-state index contributed by atoms with van der Waals surface area (Å²) < 4.78 is 21.0. The molecule has 0 saturated carbocycles. The molecule has 1 heterocycles. The zero-order chi connectivity index (χ0) is 21.7. The Morgan fingerprint density at radius 3 is 2.57 bits per heavy atom. The first kappa shape index (κ1) is 21.8. The zero-order valence-corrected chi connectivity index (χ0v) is 18.2. The van der Waals surface area contributed by atoms with Gasteiger partial charge in [-0.1, -0.05) is 43.8 Å². The monoisotopic (exact) mass is 428 g/mol. The minimum Gasteiger partial charge on any atom is -0.483 e. The number of benzene rings is 2. The van der Waals surface area contributed by atoms with E-state index in [2.05, 4.69) is 41.5 Å². The van der Waals surface area contributed by atoms with Crippen LogP contribution in [0.5, 0.6) is 5.75 Å². The average Bonchev–Trinajstić information content (AvgIpc) is 3.07. The normalized spacial score (nSPS) is 12.1. The summed E-state index contributed by atoms with van der Waals surface area (Å²) in [6.45, 7) is 6.21. The first-order chi connectivity index (χ1) is 14.3. The fourth-order valence-electron chi connectivity index (χ4n) is 2.89. The van der Waals surface area contributed by atoms with Gasteiger partial charge in [0.05, 0.1) is 5.75 Å². The third-order valence-corrected chi connectivity index (χ3v) is 5.55. The number of nitrogens with zero attached hydrogens (tertiary/aromatic N) is 3. The summed E-state index contributed by atoms with van der Waals surface area (Å²) in [7, 11) is 1.84. The lowest BCUT2D eigenvalue weighted by atomic mass is 10.0. The highest BCUT2D eigenvalue weighted by molar-refractivity contribution is 7.99. The van der Waals surface area contributed by atoms with E-state index in [1.165, 1.54) is 29.5 Å². The molecule has 0 spiro atoms. The number of rotatable bonds is 8. The van der Waals surface area contributed by atoms with Crippen molar-refractivity contribution in [3.63, 3.8) is 0 Å². The predicted molar refractivity (Wildman–Crippen MR) is 116 cm³/mol. The summed E-state index contributed by atoms with van der Waals surface area (Å²) >= 11 is 1.26. The molecule has 1 amide bonds. The molecule has 8 heteroatoms. The molecule has 158 valence electrons. The summed E-state index contributed by atoms with van der Waals surface area (Å²) in [5.74, 6) is 1.38. The predicted octanol–water partition coefficient (Wildman–Crippen LogP) is 4.95. The van der Waals surface area contributed by atoms with E-state index in [0.717, 1.165) is 5.75 Å². The summed E-state index contributed by atoms with van der Waals surface area (Å²) in [4.78, 5) is 12.1. The molecule has 1 N–H and O–H groups in total. The fourth-order valence-corrected chi connectivity index (χ4v) is 3.61. The van der Waals surface area contributed by atoms with Crippen molar-refractivity contribution in [1.29, 1.82) is 0 Å². The van der Waals surface area contributed by atoms with Gasteiger partial charge in [0.25, 0.3) is 0 Å². The van der Waals surface area contributed by atoms with Crippen LogP contribution < -0.4 is 10.1 Å². The molecule has 2 aromatic carbocycles. The Labute approximate surface area is 179 Å². The highest BCUT2D eigenvalue weighted by atomic mass is 32.2. The summed E-state index contributed by atoms with van der Waals surface area (Å²) in [5, 5.41) is 11.6. The van der Waals surface area contributed by atoms with Gasteiger partial charge in [-0.3, -0.25) is 4.79 Å². The first-order valence-corrected chi connectivity index (χ1v) is 10.7. The van der Waals surface area contributed by atoms with Gasteiger partial charge in [0.15, 0.2) is 17.1 Å². The van der Waals surface area contributed by atoms with Crippen molar-refractivity contribution in [2.75, 3.05) is 11.1 Å². The Morgan fingerprint density at radius 1 is 1.17 bits per heavy atom. The van der Waals surface area contributed by atoms with Crippen molar-refractivity contribution < 1.29 is 13.9 Å². The number of amides is 1. The molecular weight excluding hydrogens is 403 g/mol. The molecule has 0 saturated heterocycles. The van der Waals surface area contributed by atoms with E-state index in [-0.39, 0.29) is 17.8 Å². The quantitative estimate of drug-likeness (QED) is 0.514. The van der Waals surface area contributed by atoms with Crippen LogP contribution in [0.15, 0.2) is 53.7 Å². The van der Waals surface area contributed by atoms with Crippen LogP contribution in [0.2, 0.25) is 0 Å². The van der Waals surface area contributed by atoms with Crippen LogP contribution in [0.3, 0.4) is 0 Å². The largest absolute Gasteiger partial charge is 0.483 e. The van der Waals surface area contributed by atoms with Gasteiger partial charge in [0.1, 0.15) is 11.6 Å². The average molecular weight is 429 g/mol. The maximum absolute atomic E-state index is 13.2. The first-order valence-electron chi connectivity index (χ1n) is 9.67. The van der Waals surface area contributed by atoms with Crippen LogP contribution in [0.1, 0.15) is 44.2 Å². The highest BCUT2D eigenvalue weighted by Gasteiger charge is 2.18. The number of hydrogen-bond donors (Lipinski definition) is 1. The zero-order valence-electron chi connectivity index (χ0n) is 17.4. The second kappa shape index (κ2) is 9.75. The maximum atomic E-state index is 13.2. The number of carbonyl (C=O) groups is 1. The summed E-state index contributed by atoms with van der Waals surface area (Å²) in [5.41, 5.74) is 1.67. The van der Waals surface area contributed by atoms with Crippen LogP contribution in [-0.2, 0) is 11.8 Å². The Hall–Kier alpha value is -2.87. The highest BCUT2D eigenvalue weighted by Crippen LogP contribution is 2.25. The lowest BCUT2D eigenvalue weighted by Gasteiger charge is -2.15. The van der Waals surface area contributed by atoms with Crippen molar-refractivity contribution in [1.82, 2.24) is 14.8 Å².